The highest BCUT2D eigenvalue weighted by molar-refractivity contribution is 6.14. The summed E-state index contributed by atoms with van der Waals surface area (Å²) in [5.74, 6) is 0. The van der Waals surface area contributed by atoms with Crippen LogP contribution < -0.4 is 5.43 Å². The fourth-order valence-corrected chi connectivity index (χ4v) is 5.50. The van der Waals surface area contributed by atoms with Crippen LogP contribution in [-0.4, -0.2) is 4.40 Å². The van der Waals surface area contributed by atoms with Gasteiger partial charge in [-0.2, -0.15) is 0 Å². The van der Waals surface area contributed by atoms with Crippen LogP contribution in [0.3, 0.4) is 0 Å². The van der Waals surface area contributed by atoms with Crippen molar-refractivity contribution in [3.63, 3.8) is 0 Å². The molecule has 0 unspecified atom stereocenters. The van der Waals surface area contributed by atoms with Crippen molar-refractivity contribution < 1.29 is 0 Å². The molecule has 4 aromatic carbocycles. The fraction of sp³-hybridized carbons (Fsp3) is 0.182. The van der Waals surface area contributed by atoms with Crippen LogP contribution in [0.2, 0.25) is 0 Å². The van der Waals surface area contributed by atoms with E-state index in [2.05, 4.69) is 111 Å². The van der Waals surface area contributed by atoms with Gasteiger partial charge in [0.05, 0.1) is 22.1 Å². The van der Waals surface area contributed by atoms with Crippen LogP contribution in [0.15, 0.2) is 83.7 Å². The molecule has 172 valence electrons. The molecule has 0 N–H and O–H groups in total. The summed E-state index contributed by atoms with van der Waals surface area (Å²) in [5.41, 5.74) is 11.2. The molecule has 0 radical (unpaired) electrons. The Labute approximate surface area is 205 Å². The van der Waals surface area contributed by atoms with Crippen molar-refractivity contribution >= 4 is 27.2 Å². The van der Waals surface area contributed by atoms with E-state index in [1.54, 1.807) is 0 Å². The highest BCUT2D eigenvalue weighted by Gasteiger charge is 2.25. The van der Waals surface area contributed by atoms with Crippen LogP contribution >= 0.6 is 0 Å². The molecule has 6 rings (SSSR count). The third-order valence-electron chi connectivity index (χ3n) is 7.21. The van der Waals surface area contributed by atoms with Gasteiger partial charge in [-0.25, -0.2) is 0 Å². The van der Waals surface area contributed by atoms with E-state index in [0.717, 1.165) is 62.6 Å². The lowest BCUT2D eigenvalue weighted by Gasteiger charge is -2.12. The topological polar surface area (TPSA) is 21.5 Å². The summed E-state index contributed by atoms with van der Waals surface area (Å²) in [4.78, 5) is 14.1. The largest absolute Gasteiger partial charge is 0.307 e. The average molecular weight is 456 g/mol. The van der Waals surface area contributed by atoms with Gasteiger partial charge in [0.1, 0.15) is 0 Å². The number of benzene rings is 4. The molecule has 0 saturated carbocycles. The molecule has 6 aromatic rings. The molecule has 0 aliphatic carbocycles. The SMILES string of the molecule is CCCc1cc2cc3cc(C)ccc3n3c(-c4ccc(C)cc4)c(-c4ccc(C)cc4)c(c1=O)c23. The summed E-state index contributed by atoms with van der Waals surface area (Å²) >= 11 is 0. The van der Waals surface area contributed by atoms with E-state index in [1.165, 1.54) is 22.1 Å². The third kappa shape index (κ3) is 3.36. The second kappa shape index (κ2) is 8.09. The van der Waals surface area contributed by atoms with Gasteiger partial charge in [-0.15, -0.1) is 0 Å². The van der Waals surface area contributed by atoms with Crippen molar-refractivity contribution in [2.75, 3.05) is 0 Å². The number of fused-ring (bicyclic) bond motifs is 2. The smallest absolute Gasteiger partial charge is 0.191 e. The summed E-state index contributed by atoms with van der Waals surface area (Å²) in [5, 5.41) is 3.17. The molecule has 2 heteroatoms. The maximum absolute atomic E-state index is 14.1. The first-order valence-corrected chi connectivity index (χ1v) is 12.5. The lowest BCUT2D eigenvalue weighted by Crippen LogP contribution is -2.09. The van der Waals surface area contributed by atoms with E-state index >= 15 is 0 Å². The number of hydrogen-bond acceptors (Lipinski definition) is 1. The fourth-order valence-electron chi connectivity index (χ4n) is 5.50. The van der Waals surface area contributed by atoms with Crippen molar-refractivity contribution in [2.24, 2.45) is 0 Å². The van der Waals surface area contributed by atoms with Crippen molar-refractivity contribution in [1.82, 2.24) is 4.40 Å². The molecule has 0 amide bonds. The number of pyridine rings is 1. The summed E-state index contributed by atoms with van der Waals surface area (Å²) in [6.45, 7) is 8.49. The maximum atomic E-state index is 14.1. The molecule has 0 bridgehead atoms. The summed E-state index contributed by atoms with van der Waals surface area (Å²) in [7, 11) is 0. The van der Waals surface area contributed by atoms with Crippen molar-refractivity contribution in [1.29, 1.82) is 0 Å². The highest BCUT2D eigenvalue weighted by Crippen LogP contribution is 2.43. The zero-order chi connectivity index (χ0) is 24.3. The first-order valence-electron chi connectivity index (χ1n) is 12.5. The quantitative estimate of drug-likeness (QED) is 0.245. The monoisotopic (exact) mass is 455 g/mol. The number of hydrogen-bond donors (Lipinski definition) is 0. The van der Waals surface area contributed by atoms with Gasteiger partial charge in [0, 0.05) is 16.5 Å². The molecular weight excluding hydrogens is 426 g/mol. The Bertz CT molecular complexity index is 1770. The van der Waals surface area contributed by atoms with Gasteiger partial charge in [0.15, 0.2) is 5.43 Å². The van der Waals surface area contributed by atoms with Gasteiger partial charge in [0.2, 0.25) is 0 Å². The van der Waals surface area contributed by atoms with Gasteiger partial charge in [-0.3, -0.25) is 4.79 Å². The minimum absolute atomic E-state index is 0.164. The summed E-state index contributed by atoms with van der Waals surface area (Å²) < 4.78 is 2.34. The molecule has 35 heavy (non-hydrogen) atoms. The second-order valence-corrected chi connectivity index (χ2v) is 9.93. The zero-order valence-corrected chi connectivity index (χ0v) is 20.8. The Morgan fingerprint density at radius 3 is 1.97 bits per heavy atom. The lowest BCUT2D eigenvalue weighted by atomic mass is 9.95. The normalized spacial score (nSPS) is 11.8. The molecule has 2 nitrogen and oxygen atoms in total. The minimum Gasteiger partial charge on any atom is -0.307 e. The van der Waals surface area contributed by atoms with Crippen LogP contribution in [0.25, 0.3) is 49.6 Å². The molecule has 0 saturated heterocycles. The Hall–Kier alpha value is -3.91. The van der Waals surface area contributed by atoms with Gasteiger partial charge >= 0.3 is 0 Å². The number of rotatable bonds is 4. The Morgan fingerprint density at radius 1 is 0.686 bits per heavy atom. The molecule has 2 heterocycles. The van der Waals surface area contributed by atoms with Crippen LogP contribution in [-0.2, 0) is 6.42 Å². The Kier molecular flexibility index (Phi) is 5.00. The van der Waals surface area contributed by atoms with E-state index < -0.39 is 0 Å². The lowest BCUT2D eigenvalue weighted by molar-refractivity contribution is 0.918. The molecule has 0 spiro atoms. The van der Waals surface area contributed by atoms with Crippen LogP contribution in [0.1, 0.15) is 35.6 Å². The molecule has 0 aliphatic rings. The first-order chi connectivity index (χ1) is 17.0. The predicted molar refractivity (Wildman–Crippen MR) is 149 cm³/mol. The van der Waals surface area contributed by atoms with Crippen LogP contribution in [0.5, 0.6) is 0 Å². The standard InChI is InChI=1S/C33H29NO/c1-5-6-25-18-27-19-26-17-22(4)11-16-28(26)34-31(24-14-9-21(3)10-15-24)29(30(32(27)34)33(25)35)23-12-7-20(2)8-13-23/h7-19H,5-6H2,1-4H3. The number of nitrogens with zero attached hydrogens (tertiary/aromatic N) is 1. The second-order valence-electron chi connectivity index (χ2n) is 9.93. The maximum Gasteiger partial charge on any atom is 0.191 e. The minimum atomic E-state index is 0.164. The van der Waals surface area contributed by atoms with E-state index in [0.29, 0.717) is 0 Å². The average Bonchev–Trinajstić information content (AvgIpc) is 3.20. The van der Waals surface area contributed by atoms with Crippen LogP contribution in [0, 0.1) is 20.8 Å². The van der Waals surface area contributed by atoms with Crippen LogP contribution in [0.4, 0.5) is 0 Å². The van der Waals surface area contributed by atoms with Crippen molar-refractivity contribution in [2.45, 2.75) is 40.5 Å². The number of aromatic nitrogens is 1. The van der Waals surface area contributed by atoms with E-state index in [4.69, 9.17) is 0 Å². The van der Waals surface area contributed by atoms with Gasteiger partial charge in [-0.05, 0) is 68.0 Å². The van der Waals surface area contributed by atoms with Gasteiger partial charge in [0.25, 0.3) is 0 Å². The van der Waals surface area contributed by atoms with Crippen molar-refractivity contribution in [3.05, 3.63) is 111 Å². The van der Waals surface area contributed by atoms with Crippen molar-refractivity contribution in [3.8, 4) is 22.4 Å². The Morgan fingerprint density at radius 2 is 1.31 bits per heavy atom. The summed E-state index contributed by atoms with van der Waals surface area (Å²) in [6, 6.07) is 28.3. The predicted octanol–water partition coefficient (Wildman–Crippen LogP) is 8.26. The molecule has 0 fully saturated rings. The van der Waals surface area contributed by atoms with E-state index in [9.17, 15) is 4.79 Å². The molecule has 0 aliphatic heterocycles. The number of aryl methyl sites for hydroxylation is 4. The van der Waals surface area contributed by atoms with E-state index in [1.807, 2.05) is 0 Å². The van der Waals surface area contributed by atoms with E-state index in [-0.39, 0.29) is 5.43 Å². The molecular formula is C33H29NO. The summed E-state index contributed by atoms with van der Waals surface area (Å²) in [6.07, 6.45) is 1.73. The van der Waals surface area contributed by atoms with Gasteiger partial charge < -0.3 is 4.40 Å². The Balaban J connectivity index is 1.92. The molecule has 0 atom stereocenters. The molecule has 2 aromatic heterocycles. The zero-order valence-electron chi connectivity index (χ0n) is 20.8. The third-order valence-corrected chi connectivity index (χ3v) is 7.21. The van der Waals surface area contributed by atoms with Gasteiger partial charge in [-0.1, -0.05) is 84.6 Å². The highest BCUT2D eigenvalue weighted by atomic mass is 16.1. The first kappa shape index (κ1) is 21.6.